The van der Waals surface area contributed by atoms with E-state index in [4.69, 9.17) is 5.11 Å². The molecule has 1 saturated carbocycles. The van der Waals surface area contributed by atoms with E-state index in [9.17, 15) is 9.59 Å². The highest BCUT2D eigenvalue weighted by Crippen LogP contribution is 2.32. The van der Waals surface area contributed by atoms with E-state index in [0.717, 1.165) is 6.42 Å². The summed E-state index contributed by atoms with van der Waals surface area (Å²) in [6.07, 6.45) is 2.84. The second-order valence-electron chi connectivity index (χ2n) is 5.97. The van der Waals surface area contributed by atoms with Gasteiger partial charge in [-0.2, -0.15) is 0 Å². The molecule has 4 heteroatoms. The normalized spacial score (nSPS) is 25.2. The maximum Gasteiger partial charge on any atom is 0.306 e. The summed E-state index contributed by atoms with van der Waals surface area (Å²) in [5, 5.41) is 8.95. The SMILES string of the molecule is CC(C)CC(C)N(C)C(=O)[C@@H]1CC[C@H](C(=O)O)C1. The Labute approximate surface area is 109 Å². The zero-order valence-corrected chi connectivity index (χ0v) is 11.8. The van der Waals surface area contributed by atoms with Gasteiger partial charge in [-0.1, -0.05) is 13.8 Å². The van der Waals surface area contributed by atoms with Gasteiger partial charge < -0.3 is 10.0 Å². The molecule has 1 fully saturated rings. The van der Waals surface area contributed by atoms with Crippen molar-refractivity contribution < 1.29 is 14.7 Å². The van der Waals surface area contributed by atoms with Crippen LogP contribution in [0.2, 0.25) is 0 Å². The van der Waals surface area contributed by atoms with Crippen LogP contribution in [0, 0.1) is 17.8 Å². The molecule has 0 aliphatic heterocycles. The van der Waals surface area contributed by atoms with Crippen molar-refractivity contribution in [2.24, 2.45) is 17.8 Å². The third kappa shape index (κ3) is 3.72. The predicted molar refractivity (Wildman–Crippen MR) is 70.2 cm³/mol. The summed E-state index contributed by atoms with van der Waals surface area (Å²) in [6.45, 7) is 6.34. The highest BCUT2D eigenvalue weighted by atomic mass is 16.4. The fraction of sp³-hybridized carbons (Fsp3) is 0.857. The minimum Gasteiger partial charge on any atom is -0.481 e. The number of aliphatic carboxylic acids is 1. The van der Waals surface area contributed by atoms with Crippen molar-refractivity contribution in [2.45, 2.75) is 52.5 Å². The Balaban J connectivity index is 2.52. The average molecular weight is 255 g/mol. The molecule has 1 aliphatic carbocycles. The van der Waals surface area contributed by atoms with Gasteiger partial charge in [0.1, 0.15) is 0 Å². The number of hydrogen-bond donors (Lipinski definition) is 1. The largest absolute Gasteiger partial charge is 0.481 e. The van der Waals surface area contributed by atoms with Crippen molar-refractivity contribution in [3.8, 4) is 0 Å². The van der Waals surface area contributed by atoms with Crippen LogP contribution in [0.5, 0.6) is 0 Å². The summed E-state index contributed by atoms with van der Waals surface area (Å²) in [6, 6.07) is 0.223. The van der Waals surface area contributed by atoms with Crippen LogP contribution in [0.3, 0.4) is 0 Å². The van der Waals surface area contributed by atoms with Crippen LogP contribution >= 0.6 is 0 Å². The number of carbonyl (C=O) groups excluding carboxylic acids is 1. The van der Waals surface area contributed by atoms with Crippen LogP contribution in [-0.4, -0.2) is 35.0 Å². The van der Waals surface area contributed by atoms with Gasteiger partial charge in [-0.15, -0.1) is 0 Å². The molecule has 0 aromatic heterocycles. The molecule has 1 rings (SSSR count). The zero-order chi connectivity index (χ0) is 13.9. The summed E-state index contributed by atoms with van der Waals surface area (Å²) < 4.78 is 0. The fourth-order valence-electron chi connectivity index (χ4n) is 2.78. The predicted octanol–water partition coefficient (Wildman–Crippen LogP) is 2.38. The number of carbonyl (C=O) groups is 2. The molecular formula is C14H25NO3. The van der Waals surface area contributed by atoms with Gasteiger partial charge in [-0.25, -0.2) is 0 Å². The molecule has 1 amide bonds. The lowest BCUT2D eigenvalue weighted by molar-refractivity contribution is -0.141. The van der Waals surface area contributed by atoms with E-state index in [1.165, 1.54) is 0 Å². The molecule has 1 N–H and O–H groups in total. The molecule has 0 bridgehead atoms. The molecule has 3 atom stereocenters. The summed E-state index contributed by atoms with van der Waals surface area (Å²) in [5.41, 5.74) is 0. The Morgan fingerprint density at radius 2 is 1.78 bits per heavy atom. The molecule has 0 saturated heterocycles. The Morgan fingerprint density at radius 1 is 1.22 bits per heavy atom. The van der Waals surface area contributed by atoms with Crippen LogP contribution in [0.15, 0.2) is 0 Å². The first kappa shape index (κ1) is 15.0. The van der Waals surface area contributed by atoms with Crippen molar-refractivity contribution in [3.05, 3.63) is 0 Å². The number of hydrogen-bond acceptors (Lipinski definition) is 2. The molecule has 18 heavy (non-hydrogen) atoms. The molecule has 0 aromatic carbocycles. The van der Waals surface area contributed by atoms with E-state index in [1.54, 1.807) is 4.90 Å². The van der Waals surface area contributed by atoms with Crippen molar-refractivity contribution in [3.63, 3.8) is 0 Å². The minimum atomic E-state index is -0.761. The van der Waals surface area contributed by atoms with Crippen LogP contribution < -0.4 is 0 Å². The summed E-state index contributed by atoms with van der Waals surface area (Å²) in [5.74, 6) is -0.501. The minimum absolute atomic E-state index is 0.0919. The zero-order valence-electron chi connectivity index (χ0n) is 11.8. The van der Waals surface area contributed by atoms with Crippen molar-refractivity contribution >= 4 is 11.9 Å². The van der Waals surface area contributed by atoms with Gasteiger partial charge in [0.2, 0.25) is 5.91 Å². The van der Waals surface area contributed by atoms with Crippen molar-refractivity contribution in [1.29, 1.82) is 0 Å². The third-order valence-corrected chi connectivity index (χ3v) is 3.95. The van der Waals surface area contributed by atoms with Crippen LogP contribution in [0.25, 0.3) is 0 Å². The lowest BCUT2D eigenvalue weighted by Gasteiger charge is -2.28. The highest BCUT2D eigenvalue weighted by Gasteiger charge is 2.35. The Kier molecular flexibility index (Phi) is 5.17. The second kappa shape index (κ2) is 6.21. The molecule has 0 spiro atoms. The number of carboxylic acid groups (broad SMARTS) is 1. The quantitative estimate of drug-likeness (QED) is 0.820. The lowest BCUT2D eigenvalue weighted by Crippen LogP contribution is -2.39. The van der Waals surface area contributed by atoms with E-state index in [1.807, 2.05) is 7.05 Å². The standard InChI is InChI=1S/C14H25NO3/c1-9(2)7-10(3)15(4)13(16)11-5-6-12(8-11)14(17)18/h9-12H,5-8H2,1-4H3,(H,17,18)/t10?,11-,12+/m1/s1. The summed E-state index contributed by atoms with van der Waals surface area (Å²) in [4.78, 5) is 25.0. The van der Waals surface area contributed by atoms with Crippen LogP contribution in [-0.2, 0) is 9.59 Å². The molecular weight excluding hydrogens is 230 g/mol. The van der Waals surface area contributed by atoms with E-state index in [-0.39, 0.29) is 23.8 Å². The first-order valence-electron chi connectivity index (χ1n) is 6.82. The molecule has 1 aliphatic rings. The van der Waals surface area contributed by atoms with E-state index in [2.05, 4.69) is 20.8 Å². The molecule has 104 valence electrons. The van der Waals surface area contributed by atoms with E-state index in [0.29, 0.717) is 25.2 Å². The van der Waals surface area contributed by atoms with Gasteiger partial charge in [0.15, 0.2) is 0 Å². The van der Waals surface area contributed by atoms with Crippen LogP contribution in [0.4, 0.5) is 0 Å². The molecule has 0 heterocycles. The second-order valence-corrected chi connectivity index (χ2v) is 5.97. The van der Waals surface area contributed by atoms with Gasteiger partial charge in [-0.3, -0.25) is 9.59 Å². The van der Waals surface area contributed by atoms with E-state index < -0.39 is 5.97 Å². The van der Waals surface area contributed by atoms with Gasteiger partial charge in [-0.05, 0) is 38.5 Å². The maximum absolute atomic E-state index is 12.3. The van der Waals surface area contributed by atoms with Crippen molar-refractivity contribution in [2.75, 3.05) is 7.05 Å². The Hall–Kier alpha value is -1.06. The van der Waals surface area contributed by atoms with Gasteiger partial charge in [0.25, 0.3) is 0 Å². The summed E-state index contributed by atoms with van der Waals surface area (Å²) >= 11 is 0. The highest BCUT2D eigenvalue weighted by molar-refractivity contribution is 5.81. The topological polar surface area (TPSA) is 57.6 Å². The first-order valence-corrected chi connectivity index (χ1v) is 6.82. The number of rotatable bonds is 5. The molecule has 1 unspecified atom stereocenters. The number of amides is 1. The van der Waals surface area contributed by atoms with Gasteiger partial charge in [0.05, 0.1) is 5.92 Å². The third-order valence-electron chi connectivity index (χ3n) is 3.95. The molecule has 0 radical (unpaired) electrons. The Morgan fingerprint density at radius 3 is 2.22 bits per heavy atom. The number of nitrogens with zero attached hydrogens (tertiary/aromatic N) is 1. The van der Waals surface area contributed by atoms with Gasteiger partial charge >= 0.3 is 5.97 Å². The number of carboxylic acids is 1. The van der Waals surface area contributed by atoms with E-state index >= 15 is 0 Å². The lowest BCUT2D eigenvalue weighted by atomic mass is 10.0. The first-order chi connectivity index (χ1) is 8.32. The fourth-order valence-corrected chi connectivity index (χ4v) is 2.78. The molecule has 0 aromatic rings. The van der Waals surface area contributed by atoms with Gasteiger partial charge in [0, 0.05) is 19.0 Å². The average Bonchev–Trinajstić information content (AvgIpc) is 2.75. The smallest absolute Gasteiger partial charge is 0.306 e. The van der Waals surface area contributed by atoms with Crippen LogP contribution in [0.1, 0.15) is 46.5 Å². The summed E-state index contributed by atoms with van der Waals surface area (Å²) in [7, 11) is 1.84. The Bertz CT molecular complexity index is 314. The van der Waals surface area contributed by atoms with Crippen molar-refractivity contribution in [1.82, 2.24) is 4.90 Å². The monoisotopic (exact) mass is 255 g/mol. The maximum atomic E-state index is 12.3. The molecule has 4 nitrogen and oxygen atoms in total.